The molecule has 0 saturated carbocycles. The zero-order chi connectivity index (χ0) is 21.6. The van der Waals surface area contributed by atoms with Crippen LogP contribution in [0.2, 0.25) is 0 Å². The van der Waals surface area contributed by atoms with E-state index in [-0.39, 0.29) is 24.6 Å². The predicted octanol–water partition coefficient (Wildman–Crippen LogP) is 5.47. The molecule has 158 valence electrons. The van der Waals surface area contributed by atoms with Crippen LogP contribution in [0.3, 0.4) is 0 Å². The molecule has 0 amide bonds. The molecule has 0 atom stereocenters. The van der Waals surface area contributed by atoms with Gasteiger partial charge in [-0.1, -0.05) is 36.4 Å². The zero-order valence-corrected chi connectivity index (χ0v) is 16.7. The minimum Gasteiger partial charge on any atom is -0.491 e. The van der Waals surface area contributed by atoms with Gasteiger partial charge in [-0.3, -0.25) is 4.79 Å². The molecular weight excluding hydrogens is 400 g/mol. The summed E-state index contributed by atoms with van der Waals surface area (Å²) < 4.78 is 38.4. The molecule has 0 saturated heterocycles. The highest BCUT2D eigenvalue weighted by Crippen LogP contribution is 2.25. The normalized spacial score (nSPS) is 11.0. The molecule has 0 unspecified atom stereocenters. The van der Waals surface area contributed by atoms with Crippen LogP contribution in [0, 0.1) is 11.6 Å². The lowest BCUT2D eigenvalue weighted by Crippen LogP contribution is -2.10. The fraction of sp³-hybridized carbons (Fsp3) is 0.160. The molecular formula is C25H21F2NO3. The molecule has 0 aliphatic heterocycles. The lowest BCUT2D eigenvalue weighted by atomic mass is 10.0. The van der Waals surface area contributed by atoms with Crippen molar-refractivity contribution in [2.75, 3.05) is 13.2 Å². The van der Waals surface area contributed by atoms with Crippen LogP contribution in [0.25, 0.3) is 10.9 Å². The maximum atomic E-state index is 13.8. The van der Waals surface area contributed by atoms with Gasteiger partial charge in [0.2, 0.25) is 0 Å². The van der Waals surface area contributed by atoms with Crippen LogP contribution in [0.5, 0.6) is 5.75 Å². The van der Waals surface area contributed by atoms with Crippen molar-refractivity contribution in [3.05, 3.63) is 101 Å². The number of ketones is 1. The SMILES string of the molecule is O=C(Cc1ccc(F)cc1OCCOCc1ccccc1)c1c[nH]c2cc(F)ccc12. The number of benzene rings is 3. The number of hydrogen-bond acceptors (Lipinski definition) is 3. The molecule has 1 N–H and O–H groups in total. The second-order valence-electron chi connectivity index (χ2n) is 7.13. The highest BCUT2D eigenvalue weighted by molar-refractivity contribution is 6.08. The molecule has 31 heavy (non-hydrogen) atoms. The first-order valence-electron chi connectivity index (χ1n) is 9.93. The number of H-pyrrole nitrogens is 1. The van der Waals surface area contributed by atoms with Gasteiger partial charge in [-0.2, -0.15) is 0 Å². The van der Waals surface area contributed by atoms with Gasteiger partial charge in [0.25, 0.3) is 0 Å². The van der Waals surface area contributed by atoms with E-state index in [0.29, 0.717) is 41.0 Å². The van der Waals surface area contributed by atoms with Crippen LogP contribution in [-0.4, -0.2) is 24.0 Å². The molecule has 3 aromatic carbocycles. The van der Waals surface area contributed by atoms with Crippen LogP contribution >= 0.6 is 0 Å². The third-order valence-corrected chi connectivity index (χ3v) is 4.92. The Kier molecular flexibility index (Phi) is 6.38. The van der Waals surface area contributed by atoms with Crippen molar-refractivity contribution in [1.29, 1.82) is 0 Å². The van der Waals surface area contributed by atoms with Crippen molar-refractivity contribution in [2.45, 2.75) is 13.0 Å². The van der Waals surface area contributed by atoms with E-state index in [4.69, 9.17) is 9.47 Å². The minimum absolute atomic E-state index is 0.0326. The summed E-state index contributed by atoms with van der Waals surface area (Å²) in [6.45, 7) is 1.01. The molecule has 4 aromatic rings. The number of aromatic nitrogens is 1. The van der Waals surface area contributed by atoms with E-state index in [9.17, 15) is 13.6 Å². The summed E-state index contributed by atoms with van der Waals surface area (Å²) in [6.07, 6.45) is 1.60. The van der Waals surface area contributed by atoms with Gasteiger partial charge in [0.05, 0.1) is 13.2 Å². The van der Waals surface area contributed by atoms with Crippen LogP contribution in [-0.2, 0) is 17.8 Å². The van der Waals surface area contributed by atoms with E-state index >= 15 is 0 Å². The largest absolute Gasteiger partial charge is 0.491 e. The van der Waals surface area contributed by atoms with Crippen molar-refractivity contribution < 1.29 is 23.0 Å². The highest BCUT2D eigenvalue weighted by atomic mass is 19.1. The smallest absolute Gasteiger partial charge is 0.169 e. The number of hydrogen-bond donors (Lipinski definition) is 1. The Balaban J connectivity index is 1.39. The summed E-state index contributed by atoms with van der Waals surface area (Å²) in [7, 11) is 0. The van der Waals surface area contributed by atoms with E-state index in [0.717, 1.165) is 5.56 Å². The maximum Gasteiger partial charge on any atom is 0.169 e. The lowest BCUT2D eigenvalue weighted by molar-refractivity contribution is 0.0882. The first-order chi connectivity index (χ1) is 15.1. The molecule has 0 bridgehead atoms. The standard InChI is InChI=1S/C25H21F2NO3/c26-19-8-9-21-22(15-28-23(21)13-19)24(29)12-18-6-7-20(27)14-25(18)31-11-10-30-16-17-4-2-1-3-5-17/h1-9,13-15,28H,10-12,16H2. The number of fused-ring (bicyclic) bond motifs is 1. The summed E-state index contributed by atoms with van der Waals surface area (Å²) >= 11 is 0. The first-order valence-corrected chi connectivity index (χ1v) is 9.93. The van der Waals surface area contributed by atoms with Gasteiger partial charge < -0.3 is 14.5 Å². The van der Waals surface area contributed by atoms with Crippen molar-refractivity contribution in [1.82, 2.24) is 4.98 Å². The molecule has 0 aliphatic rings. The Morgan fingerprint density at radius 3 is 2.52 bits per heavy atom. The molecule has 6 heteroatoms. The summed E-state index contributed by atoms with van der Waals surface area (Å²) in [4.78, 5) is 15.8. The third kappa shape index (κ3) is 5.16. The number of carbonyl (C=O) groups excluding carboxylic acids is 1. The Morgan fingerprint density at radius 2 is 1.68 bits per heavy atom. The van der Waals surface area contributed by atoms with E-state index in [2.05, 4.69) is 4.98 Å². The third-order valence-electron chi connectivity index (χ3n) is 4.92. The Morgan fingerprint density at radius 1 is 0.903 bits per heavy atom. The molecule has 1 aromatic heterocycles. The minimum atomic E-state index is -0.445. The molecule has 4 rings (SSSR count). The van der Waals surface area contributed by atoms with Crippen molar-refractivity contribution >= 4 is 16.7 Å². The molecule has 0 radical (unpaired) electrons. The lowest BCUT2D eigenvalue weighted by Gasteiger charge is -2.12. The van der Waals surface area contributed by atoms with E-state index in [1.807, 2.05) is 30.3 Å². The summed E-state index contributed by atoms with van der Waals surface area (Å²) in [5.41, 5.74) is 2.63. The van der Waals surface area contributed by atoms with E-state index < -0.39 is 5.82 Å². The second kappa shape index (κ2) is 9.53. The van der Waals surface area contributed by atoms with Crippen molar-refractivity contribution in [3.63, 3.8) is 0 Å². The van der Waals surface area contributed by atoms with Gasteiger partial charge in [-0.05, 0) is 29.8 Å². The number of ether oxygens (including phenoxy) is 2. The number of halogens is 2. The van der Waals surface area contributed by atoms with Gasteiger partial charge in [0.15, 0.2) is 5.78 Å². The van der Waals surface area contributed by atoms with E-state index in [1.54, 1.807) is 18.3 Å². The number of Topliss-reactive ketones (excluding diaryl/α,β-unsaturated/α-hetero) is 1. The average molecular weight is 421 g/mol. The van der Waals surface area contributed by atoms with Crippen LogP contribution in [0.1, 0.15) is 21.5 Å². The van der Waals surface area contributed by atoms with Gasteiger partial charge in [0, 0.05) is 40.7 Å². The van der Waals surface area contributed by atoms with Crippen LogP contribution in [0.4, 0.5) is 8.78 Å². The fourth-order valence-corrected chi connectivity index (χ4v) is 3.38. The van der Waals surface area contributed by atoms with Crippen LogP contribution in [0.15, 0.2) is 72.9 Å². The monoisotopic (exact) mass is 421 g/mol. The zero-order valence-electron chi connectivity index (χ0n) is 16.7. The van der Waals surface area contributed by atoms with Crippen LogP contribution < -0.4 is 4.74 Å². The first kappa shape index (κ1) is 20.8. The molecule has 0 fully saturated rings. The van der Waals surface area contributed by atoms with E-state index in [1.165, 1.54) is 24.3 Å². The van der Waals surface area contributed by atoms with Gasteiger partial charge >= 0.3 is 0 Å². The van der Waals surface area contributed by atoms with Gasteiger partial charge in [-0.25, -0.2) is 8.78 Å². The fourth-order valence-electron chi connectivity index (χ4n) is 3.38. The number of carbonyl (C=O) groups is 1. The Labute approximate surface area is 178 Å². The van der Waals surface area contributed by atoms with Crippen molar-refractivity contribution in [2.24, 2.45) is 0 Å². The summed E-state index contributed by atoms with van der Waals surface area (Å²) in [5.74, 6) is -0.687. The maximum absolute atomic E-state index is 13.8. The average Bonchev–Trinajstić information content (AvgIpc) is 3.19. The predicted molar refractivity (Wildman–Crippen MR) is 114 cm³/mol. The highest BCUT2D eigenvalue weighted by Gasteiger charge is 2.16. The Bertz CT molecular complexity index is 1190. The van der Waals surface area contributed by atoms with Gasteiger partial charge in [-0.15, -0.1) is 0 Å². The van der Waals surface area contributed by atoms with Gasteiger partial charge in [0.1, 0.15) is 24.0 Å². The molecule has 0 aliphatic carbocycles. The molecule has 0 spiro atoms. The Hall–Kier alpha value is -3.51. The quantitative estimate of drug-likeness (QED) is 0.288. The summed E-state index contributed by atoms with van der Waals surface area (Å²) in [6, 6.07) is 18.1. The number of nitrogens with one attached hydrogen (secondary N) is 1. The second-order valence-corrected chi connectivity index (χ2v) is 7.13. The number of rotatable bonds is 9. The summed E-state index contributed by atoms with van der Waals surface area (Å²) in [5, 5.41) is 0.644. The molecule has 1 heterocycles. The van der Waals surface area contributed by atoms with Crippen molar-refractivity contribution in [3.8, 4) is 5.75 Å². The number of aromatic amines is 1. The molecule has 4 nitrogen and oxygen atoms in total. The topological polar surface area (TPSA) is 51.3 Å².